The molecule has 0 aromatic heterocycles. The highest BCUT2D eigenvalue weighted by Gasteiger charge is 2.23. The fraction of sp³-hybridized carbons (Fsp3) is 0.562. The quantitative estimate of drug-likeness (QED) is 0.902. The predicted molar refractivity (Wildman–Crippen MR) is 82.8 cm³/mol. The number of nitrogens with one attached hydrogen (secondary N) is 1. The maximum absolute atomic E-state index is 9.05. The summed E-state index contributed by atoms with van der Waals surface area (Å²) >= 11 is 0. The van der Waals surface area contributed by atoms with Crippen LogP contribution in [0.1, 0.15) is 19.8 Å². The van der Waals surface area contributed by atoms with Gasteiger partial charge in [0.25, 0.3) is 0 Å². The summed E-state index contributed by atoms with van der Waals surface area (Å²) in [6.07, 6.45) is 2.21. The summed E-state index contributed by atoms with van der Waals surface area (Å²) in [7, 11) is 3.30. The van der Waals surface area contributed by atoms with Gasteiger partial charge in [-0.25, -0.2) is 0 Å². The number of anilines is 1. The molecule has 1 aromatic carbocycles. The Morgan fingerprint density at radius 3 is 2.52 bits per heavy atom. The molecule has 21 heavy (non-hydrogen) atoms. The van der Waals surface area contributed by atoms with Crippen LogP contribution >= 0.6 is 0 Å². The lowest BCUT2D eigenvalue weighted by Crippen LogP contribution is -2.45. The lowest BCUT2D eigenvalue weighted by Gasteiger charge is -2.35. The number of hydrogen-bond donors (Lipinski definition) is 1. The fourth-order valence-corrected chi connectivity index (χ4v) is 2.68. The molecular weight excluding hydrogens is 266 g/mol. The van der Waals surface area contributed by atoms with Crippen molar-refractivity contribution in [3.63, 3.8) is 0 Å². The van der Waals surface area contributed by atoms with Gasteiger partial charge in [0.1, 0.15) is 11.5 Å². The van der Waals surface area contributed by atoms with Crippen LogP contribution in [-0.2, 0) is 0 Å². The molecule has 0 saturated carbocycles. The standard InChI is InChI=1S/C16H23N3O2/c1-12(10-17)19-6-4-5-13(11-19)18-14-7-15(20-2)9-16(8-14)21-3/h7-9,12-13,18H,4-6,11H2,1-3H3/t12-,13-/m0/s1. The van der Waals surface area contributed by atoms with E-state index in [1.54, 1.807) is 14.2 Å². The fourth-order valence-electron chi connectivity index (χ4n) is 2.68. The second-order valence-corrected chi connectivity index (χ2v) is 5.38. The van der Waals surface area contributed by atoms with Gasteiger partial charge in [0, 0.05) is 36.5 Å². The van der Waals surface area contributed by atoms with E-state index in [0.29, 0.717) is 6.04 Å². The zero-order chi connectivity index (χ0) is 15.2. The first-order chi connectivity index (χ1) is 10.2. The van der Waals surface area contributed by atoms with Crippen molar-refractivity contribution in [2.24, 2.45) is 0 Å². The van der Waals surface area contributed by atoms with Crippen molar-refractivity contribution in [3.8, 4) is 17.6 Å². The summed E-state index contributed by atoms with van der Waals surface area (Å²) in [5.41, 5.74) is 0.989. The number of nitriles is 1. The Morgan fingerprint density at radius 2 is 1.95 bits per heavy atom. The minimum absolute atomic E-state index is 0.0329. The number of rotatable bonds is 5. The van der Waals surface area contributed by atoms with Crippen molar-refractivity contribution < 1.29 is 9.47 Å². The summed E-state index contributed by atoms with van der Waals surface area (Å²) < 4.78 is 10.6. The molecule has 0 bridgehead atoms. The van der Waals surface area contributed by atoms with Crippen LogP contribution in [0.4, 0.5) is 5.69 Å². The average Bonchev–Trinajstić information content (AvgIpc) is 2.53. The number of nitrogens with zero attached hydrogens (tertiary/aromatic N) is 2. The van der Waals surface area contributed by atoms with E-state index in [1.165, 1.54) is 0 Å². The van der Waals surface area contributed by atoms with Crippen molar-refractivity contribution in [3.05, 3.63) is 18.2 Å². The Labute approximate surface area is 126 Å². The van der Waals surface area contributed by atoms with Crippen molar-refractivity contribution >= 4 is 5.69 Å². The molecule has 0 aliphatic carbocycles. The third kappa shape index (κ3) is 4.02. The van der Waals surface area contributed by atoms with Gasteiger partial charge in [0.05, 0.1) is 26.3 Å². The van der Waals surface area contributed by atoms with Crippen LogP contribution in [0.15, 0.2) is 18.2 Å². The van der Waals surface area contributed by atoms with Crippen LogP contribution in [0.2, 0.25) is 0 Å². The van der Waals surface area contributed by atoms with E-state index in [1.807, 2.05) is 25.1 Å². The first kappa shape index (κ1) is 15.5. The van der Waals surface area contributed by atoms with E-state index in [4.69, 9.17) is 14.7 Å². The molecule has 0 amide bonds. The Balaban J connectivity index is 2.05. The topological polar surface area (TPSA) is 57.5 Å². The minimum Gasteiger partial charge on any atom is -0.497 e. The summed E-state index contributed by atoms with van der Waals surface area (Å²) in [5.74, 6) is 1.55. The zero-order valence-corrected chi connectivity index (χ0v) is 12.9. The van der Waals surface area contributed by atoms with Gasteiger partial charge >= 0.3 is 0 Å². The first-order valence-corrected chi connectivity index (χ1v) is 7.29. The highest BCUT2D eigenvalue weighted by molar-refractivity contribution is 5.54. The zero-order valence-electron chi connectivity index (χ0n) is 12.9. The SMILES string of the molecule is COc1cc(N[C@H]2CCCN([C@@H](C)C#N)C2)cc(OC)c1. The number of ether oxygens (including phenoxy) is 2. The maximum atomic E-state index is 9.05. The predicted octanol–water partition coefficient (Wildman–Crippen LogP) is 2.49. The van der Waals surface area contributed by atoms with Crippen molar-refractivity contribution in [1.29, 1.82) is 5.26 Å². The Kier molecular flexibility index (Phi) is 5.29. The summed E-state index contributed by atoms with van der Waals surface area (Å²) in [5, 5.41) is 12.6. The number of piperidine rings is 1. The molecule has 2 rings (SSSR count). The van der Waals surface area contributed by atoms with Crippen LogP contribution in [0.5, 0.6) is 11.5 Å². The molecule has 1 fully saturated rings. The van der Waals surface area contributed by atoms with Gasteiger partial charge in [-0.15, -0.1) is 0 Å². The molecule has 1 aromatic rings. The van der Waals surface area contributed by atoms with Crippen LogP contribution in [0.25, 0.3) is 0 Å². The Bertz CT molecular complexity index is 490. The van der Waals surface area contributed by atoms with Crippen LogP contribution in [0, 0.1) is 11.3 Å². The molecule has 114 valence electrons. The van der Waals surface area contributed by atoms with Gasteiger partial charge in [-0.3, -0.25) is 4.90 Å². The molecule has 1 aliphatic rings. The molecule has 1 aliphatic heterocycles. The molecule has 5 heteroatoms. The van der Waals surface area contributed by atoms with Gasteiger partial charge in [-0.1, -0.05) is 0 Å². The van der Waals surface area contributed by atoms with E-state index >= 15 is 0 Å². The van der Waals surface area contributed by atoms with Crippen molar-refractivity contribution in [1.82, 2.24) is 4.90 Å². The Hall–Kier alpha value is -1.93. The first-order valence-electron chi connectivity index (χ1n) is 7.29. The molecule has 0 spiro atoms. The number of hydrogen-bond acceptors (Lipinski definition) is 5. The lowest BCUT2D eigenvalue weighted by atomic mass is 10.0. The largest absolute Gasteiger partial charge is 0.497 e. The monoisotopic (exact) mass is 289 g/mol. The van der Waals surface area contributed by atoms with Crippen LogP contribution in [0.3, 0.4) is 0 Å². The van der Waals surface area contributed by atoms with Crippen LogP contribution in [-0.4, -0.2) is 44.3 Å². The molecule has 1 saturated heterocycles. The number of benzene rings is 1. The van der Waals surface area contributed by atoms with Crippen molar-refractivity contribution in [2.75, 3.05) is 32.6 Å². The average molecular weight is 289 g/mol. The third-order valence-electron chi connectivity index (χ3n) is 3.91. The molecule has 1 N–H and O–H groups in total. The summed E-state index contributed by atoms with van der Waals surface area (Å²) in [4.78, 5) is 2.22. The highest BCUT2D eigenvalue weighted by atomic mass is 16.5. The van der Waals surface area contributed by atoms with Gasteiger partial charge in [0.15, 0.2) is 0 Å². The van der Waals surface area contributed by atoms with E-state index in [0.717, 1.165) is 43.1 Å². The van der Waals surface area contributed by atoms with Gasteiger partial charge in [-0.2, -0.15) is 5.26 Å². The van der Waals surface area contributed by atoms with Gasteiger partial charge in [-0.05, 0) is 26.3 Å². The molecule has 5 nitrogen and oxygen atoms in total. The van der Waals surface area contributed by atoms with Crippen LogP contribution < -0.4 is 14.8 Å². The lowest BCUT2D eigenvalue weighted by molar-refractivity contribution is 0.193. The van der Waals surface area contributed by atoms with Gasteiger partial charge in [0.2, 0.25) is 0 Å². The molecule has 0 unspecified atom stereocenters. The second kappa shape index (κ2) is 7.19. The van der Waals surface area contributed by atoms with E-state index < -0.39 is 0 Å². The van der Waals surface area contributed by atoms with E-state index in [9.17, 15) is 0 Å². The number of likely N-dealkylation sites (tertiary alicyclic amines) is 1. The second-order valence-electron chi connectivity index (χ2n) is 5.38. The molecular formula is C16H23N3O2. The van der Waals surface area contributed by atoms with E-state index in [2.05, 4.69) is 16.3 Å². The maximum Gasteiger partial charge on any atom is 0.124 e. The number of methoxy groups -OCH3 is 2. The molecule has 1 heterocycles. The summed E-state index contributed by atoms with van der Waals surface area (Å²) in [6.45, 7) is 3.83. The Morgan fingerprint density at radius 1 is 1.29 bits per heavy atom. The van der Waals surface area contributed by atoms with Gasteiger partial charge < -0.3 is 14.8 Å². The van der Waals surface area contributed by atoms with Crippen molar-refractivity contribution in [2.45, 2.75) is 31.8 Å². The van der Waals surface area contributed by atoms with E-state index in [-0.39, 0.29) is 6.04 Å². The molecule has 0 radical (unpaired) electrons. The highest BCUT2D eigenvalue weighted by Crippen LogP contribution is 2.27. The summed E-state index contributed by atoms with van der Waals surface area (Å²) in [6, 6.07) is 8.41. The third-order valence-corrected chi connectivity index (χ3v) is 3.91. The minimum atomic E-state index is -0.0329. The molecule has 2 atom stereocenters. The normalized spacial score (nSPS) is 20.4. The smallest absolute Gasteiger partial charge is 0.124 e.